The second-order valence-corrected chi connectivity index (χ2v) is 6.25. The molecule has 0 aliphatic carbocycles. The monoisotopic (exact) mass is 289 g/mol. The van der Waals surface area contributed by atoms with Crippen LogP contribution < -0.4 is 5.32 Å². The van der Waals surface area contributed by atoms with E-state index in [4.69, 9.17) is 4.74 Å². The molecule has 2 rings (SSSR count). The third-order valence-electron chi connectivity index (χ3n) is 5.27. The van der Waals surface area contributed by atoms with Gasteiger partial charge < -0.3 is 10.1 Å². The average molecular weight is 289 g/mol. The van der Waals surface area contributed by atoms with Gasteiger partial charge in [-0.25, -0.2) is 0 Å². The lowest BCUT2D eigenvalue weighted by molar-refractivity contribution is 0.0228. The third-order valence-corrected chi connectivity index (χ3v) is 5.27. The predicted octanol–water partition coefficient (Wildman–Crippen LogP) is 4.15. The van der Waals surface area contributed by atoms with Gasteiger partial charge in [-0.2, -0.15) is 0 Å². The molecule has 1 saturated heterocycles. The van der Waals surface area contributed by atoms with Crippen molar-refractivity contribution in [2.24, 2.45) is 5.92 Å². The molecule has 1 fully saturated rings. The summed E-state index contributed by atoms with van der Waals surface area (Å²) in [6, 6.07) is 11.7. The van der Waals surface area contributed by atoms with Crippen LogP contribution in [0.4, 0.5) is 0 Å². The van der Waals surface area contributed by atoms with Gasteiger partial charge in [0, 0.05) is 24.7 Å². The molecular formula is C19H31NO. The van der Waals surface area contributed by atoms with E-state index in [-0.39, 0.29) is 5.41 Å². The Hall–Kier alpha value is -0.860. The molecule has 1 aromatic carbocycles. The number of likely N-dealkylation sites (N-methyl/N-ethyl adjacent to an activating group) is 1. The molecule has 21 heavy (non-hydrogen) atoms. The van der Waals surface area contributed by atoms with Crippen LogP contribution in [0.2, 0.25) is 0 Å². The van der Waals surface area contributed by atoms with Gasteiger partial charge in [0.15, 0.2) is 0 Å². The fourth-order valence-corrected chi connectivity index (χ4v) is 4.08. The summed E-state index contributed by atoms with van der Waals surface area (Å²) in [5.74, 6) is 0.725. The van der Waals surface area contributed by atoms with Crippen LogP contribution in [0.5, 0.6) is 0 Å². The van der Waals surface area contributed by atoms with Gasteiger partial charge in [-0.1, -0.05) is 63.9 Å². The molecule has 1 aromatic rings. The van der Waals surface area contributed by atoms with E-state index in [1.54, 1.807) is 0 Å². The van der Waals surface area contributed by atoms with E-state index < -0.39 is 0 Å². The Bertz CT molecular complexity index is 393. The molecular weight excluding hydrogens is 258 g/mol. The fourth-order valence-electron chi connectivity index (χ4n) is 4.08. The highest BCUT2D eigenvalue weighted by molar-refractivity contribution is 5.29. The SMILES string of the molecule is CCNC(C(CC)CC)C1(c2ccccc2)CCOCC1. The molecule has 1 unspecified atom stereocenters. The van der Waals surface area contributed by atoms with Crippen LogP contribution in [0.15, 0.2) is 30.3 Å². The van der Waals surface area contributed by atoms with E-state index in [1.807, 2.05) is 0 Å². The van der Waals surface area contributed by atoms with Gasteiger partial charge in [-0.15, -0.1) is 0 Å². The smallest absolute Gasteiger partial charge is 0.0475 e. The van der Waals surface area contributed by atoms with Crippen LogP contribution in [0.25, 0.3) is 0 Å². The Morgan fingerprint density at radius 2 is 1.67 bits per heavy atom. The summed E-state index contributed by atoms with van der Waals surface area (Å²) in [5.41, 5.74) is 1.72. The quantitative estimate of drug-likeness (QED) is 0.814. The van der Waals surface area contributed by atoms with Gasteiger partial charge in [0.1, 0.15) is 0 Å². The van der Waals surface area contributed by atoms with Crippen LogP contribution in [-0.4, -0.2) is 25.8 Å². The van der Waals surface area contributed by atoms with Crippen molar-refractivity contribution in [1.82, 2.24) is 5.32 Å². The number of rotatable bonds is 7. The first-order chi connectivity index (χ1) is 10.3. The van der Waals surface area contributed by atoms with Crippen LogP contribution in [-0.2, 0) is 10.2 Å². The second-order valence-electron chi connectivity index (χ2n) is 6.25. The maximum Gasteiger partial charge on any atom is 0.0475 e. The number of benzene rings is 1. The predicted molar refractivity (Wildman–Crippen MR) is 89.7 cm³/mol. The summed E-state index contributed by atoms with van der Waals surface area (Å²) >= 11 is 0. The molecule has 1 aliphatic heterocycles. The van der Waals surface area contributed by atoms with Gasteiger partial charge in [0.05, 0.1) is 0 Å². The van der Waals surface area contributed by atoms with Gasteiger partial charge in [0.2, 0.25) is 0 Å². The highest BCUT2D eigenvalue weighted by Gasteiger charge is 2.43. The molecule has 1 aliphatic rings. The number of hydrogen-bond donors (Lipinski definition) is 1. The molecule has 0 spiro atoms. The summed E-state index contributed by atoms with van der Waals surface area (Å²) < 4.78 is 5.69. The Morgan fingerprint density at radius 3 is 2.19 bits per heavy atom. The van der Waals surface area contributed by atoms with Gasteiger partial charge >= 0.3 is 0 Å². The zero-order valence-electron chi connectivity index (χ0n) is 13.9. The third kappa shape index (κ3) is 3.49. The van der Waals surface area contributed by atoms with Crippen molar-refractivity contribution in [3.63, 3.8) is 0 Å². The fraction of sp³-hybridized carbons (Fsp3) is 0.684. The minimum absolute atomic E-state index is 0.228. The molecule has 1 atom stereocenters. The van der Waals surface area contributed by atoms with E-state index >= 15 is 0 Å². The maximum absolute atomic E-state index is 5.69. The molecule has 2 nitrogen and oxygen atoms in total. The molecule has 0 aromatic heterocycles. The van der Waals surface area contributed by atoms with Crippen LogP contribution >= 0.6 is 0 Å². The molecule has 0 bridgehead atoms. The van der Waals surface area contributed by atoms with E-state index in [2.05, 4.69) is 56.4 Å². The minimum atomic E-state index is 0.228. The molecule has 2 heteroatoms. The van der Waals surface area contributed by atoms with Crippen LogP contribution in [0.1, 0.15) is 52.0 Å². The van der Waals surface area contributed by atoms with Crippen LogP contribution in [0.3, 0.4) is 0 Å². The lowest BCUT2D eigenvalue weighted by atomic mass is 9.64. The lowest BCUT2D eigenvalue weighted by Crippen LogP contribution is -2.55. The van der Waals surface area contributed by atoms with E-state index in [9.17, 15) is 0 Å². The van der Waals surface area contributed by atoms with Crippen molar-refractivity contribution >= 4 is 0 Å². The normalized spacial score (nSPS) is 19.6. The minimum Gasteiger partial charge on any atom is -0.381 e. The average Bonchev–Trinajstić information content (AvgIpc) is 2.56. The van der Waals surface area contributed by atoms with E-state index in [0.29, 0.717) is 6.04 Å². The molecule has 1 N–H and O–H groups in total. The number of nitrogens with one attached hydrogen (secondary N) is 1. The first-order valence-electron chi connectivity index (χ1n) is 8.65. The summed E-state index contributed by atoms with van der Waals surface area (Å²) in [5, 5.41) is 3.84. The van der Waals surface area contributed by atoms with Gasteiger partial charge in [-0.05, 0) is 30.9 Å². The number of ether oxygens (including phenoxy) is 1. The Morgan fingerprint density at radius 1 is 1.05 bits per heavy atom. The lowest BCUT2D eigenvalue weighted by Gasteiger charge is -2.47. The van der Waals surface area contributed by atoms with Gasteiger partial charge in [-0.3, -0.25) is 0 Å². The van der Waals surface area contributed by atoms with E-state index in [0.717, 1.165) is 38.5 Å². The summed E-state index contributed by atoms with van der Waals surface area (Å²) in [7, 11) is 0. The first-order valence-corrected chi connectivity index (χ1v) is 8.65. The van der Waals surface area contributed by atoms with Crippen molar-refractivity contribution in [1.29, 1.82) is 0 Å². The summed E-state index contributed by atoms with van der Waals surface area (Å²) in [4.78, 5) is 0. The van der Waals surface area contributed by atoms with Gasteiger partial charge in [0.25, 0.3) is 0 Å². The largest absolute Gasteiger partial charge is 0.381 e. The molecule has 0 saturated carbocycles. The van der Waals surface area contributed by atoms with E-state index in [1.165, 1.54) is 18.4 Å². The molecule has 0 radical (unpaired) electrons. The van der Waals surface area contributed by atoms with Crippen molar-refractivity contribution in [2.75, 3.05) is 19.8 Å². The zero-order valence-corrected chi connectivity index (χ0v) is 13.9. The maximum atomic E-state index is 5.69. The Kier molecular flexibility index (Phi) is 6.25. The summed E-state index contributed by atoms with van der Waals surface area (Å²) in [6.07, 6.45) is 4.74. The first kappa shape index (κ1) is 16.5. The highest BCUT2D eigenvalue weighted by Crippen LogP contribution is 2.42. The topological polar surface area (TPSA) is 21.3 Å². The molecule has 118 valence electrons. The van der Waals surface area contributed by atoms with Crippen molar-refractivity contribution in [3.05, 3.63) is 35.9 Å². The highest BCUT2D eigenvalue weighted by atomic mass is 16.5. The molecule has 0 amide bonds. The van der Waals surface area contributed by atoms with Crippen molar-refractivity contribution < 1.29 is 4.74 Å². The summed E-state index contributed by atoms with van der Waals surface area (Å²) in [6.45, 7) is 9.70. The Labute approximate surface area is 130 Å². The Balaban J connectivity index is 2.41. The molecule has 1 heterocycles. The second kappa shape index (κ2) is 7.95. The standard InChI is InChI=1S/C19H31NO/c1-4-16(5-2)18(20-6-3)19(12-14-21-15-13-19)17-10-8-7-9-11-17/h7-11,16,18,20H,4-6,12-15H2,1-3H3. The van der Waals surface area contributed by atoms with Crippen LogP contribution in [0, 0.1) is 5.92 Å². The van der Waals surface area contributed by atoms with Crippen molar-refractivity contribution in [3.8, 4) is 0 Å². The zero-order chi connectivity index (χ0) is 15.1. The van der Waals surface area contributed by atoms with Crippen molar-refractivity contribution in [2.45, 2.75) is 57.9 Å². The number of hydrogen-bond acceptors (Lipinski definition) is 2.